The molecule has 2 atom stereocenters. The van der Waals surface area contributed by atoms with Gasteiger partial charge in [0.25, 0.3) is 5.91 Å². The molecule has 1 fully saturated rings. The number of sulfonamides is 1. The van der Waals surface area contributed by atoms with Crippen LogP contribution in [0.3, 0.4) is 0 Å². The fraction of sp³-hybridized carbons (Fsp3) is 0.294. The molecule has 0 spiro atoms. The predicted molar refractivity (Wildman–Crippen MR) is 174 cm³/mol. The molecule has 1 saturated carbocycles. The van der Waals surface area contributed by atoms with E-state index in [2.05, 4.69) is 20.3 Å². The lowest BCUT2D eigenvalue weighted by atomic mass is 9.98. The summed E-state index contributed by atoms with van der Waals surface area (Å²) in [6, 6.07) is 12.9. The topological polar surface area (TPSA) is 130 Å². The summed E-state index contributed by atoms with van der Waals surface area (Å²) < 4.78 is 30.3. The normalized spacial score (nSPS) is 18.0. The van der Waals surface area contributed by atoms with E-state index in [1.54, 1.807) is 48.8 Å². The highest BCUT2D eigenvalue weighted by Crippen LogP contribution is 2.47. The first-order chi connectivity index (χ1) is 21.6. The monoisotopic (exact) mass is 643 g/mol. The molecule has 2 aromatic heterocycles. The molecule has 2 aromatic carbocycles. The zero-order valence-electron chi connectivity index (χ0n) is 25.0. The number of pyridine rings is 2. The molecule has 232 valence electrons. The SMILES string of the molecule is CC(C)CNS(=O)(=O)c1cc2c(c3cnc(C4CC4)cc13)C(NC(=O)c1cccnc1)CC2NC(=O)/C=C/c1ccccc1Cl. The Morgan fingerprint density at radius 3 is 2.53 bits per heavy atom. The molecule has 0 bridgehead atoms. The number of nitrogens with zero attached hydrogens (tertiary/aromatic N) is 2. The largest absolute Gasteiger partial charge is 0.346 e. The fourth-order valence-corrected chi connectivity index (χ4v) is 7.33. The number of rotatable bonds is 10. The molecule has 0 radical (unpaired) electrons. The average Bonchev–Trinajstić information content (AvgIpc) is 3.83. The second-order valence-corrected chi connectivity index (χ2v) is 14.1. The minimum Gasteiger partial charge on any atom is -0.346 e. The second-order valence-electron chi connectivity index (χ2n) is 12.0. The molecule has 2 heterocycles. The quantitative estimate of drug-likeness (QED) is 0.186. The van der Waals surface area contributed by atoms with E-state index in [4.69, 9.17) is 16.6 Å². The highest BCUT2D eigenvalue weighted by atomic mass is 35.5. The van der Waals surface area contributed by atoms with Gasteiger partial charge >= 0.3 is 0 Å². The molecule has 2 unspecified atom stereocenters. The molecular formula is C34H34ClN5O4S. The lowest BCUT2D eigenvalue weighted by Crippen LogP contribution is -2.29. The zero-order chi connectivity index (χ0) is 31.7. The van der Waals surface area contributed by atoms with Crippen molar-refractivity contribution in [2.24, 2.45) is 5.92 Å². The highest BCUT2D eigenvalue weighted by Gasteiger charge is 2.37. The van der Waals surface area contributed by atoms with Crippen molar-refractivity contribution in [2.45, 2.75) is 56.0 Å². The number of carbonyl (C=O) groups is 2. The van der Waals surface area contributed by atoms with Gasteiger partial charge in [-0.25, -0.2) is 13.1 Å². The maximum Gasteiger partial charge on any atom is 0.253 e. The summed E-state index contributed by atoms with van der Waals surface area (Å²) in [5.74, 6) is -0.293. The Morgan fingerprint density at radius 1 is 1.02 bits per heavy atom. The second kappa shape index (κ2) is 12.7. The highest BCUT2D eigenvalue weighted by molar-refractivity contribution is 7.89. The van der Waals surface area contributed by atoms with E-state index in [0.717, 1.165) is 24.1 Å². The van der Waals surface area contributed by atoms with Crippen LogP contribution in [-0.4, -0.2) is 36.7 Å². The van der Waals surface area contributed by atoms with Crippen molar-refractivity contribution < 1.29 is 18.0 Å². The van der Waals surface area contributed by atoms with Gasteiger partial charge in [0.05, 0.1) is 22.5 Å². The molecule has 9 nitrogen and oxygen atoms in total. The number of aromatic nitrogens is 2. The molecule has 6 rings (SSSR count). The Labute approximate surface area is 267 Å². The van der Waals surface area contributed by atoms with E-state index in [9.17, 15) is 18.0 Å². The summed E-state index contributed by atoms with van der Waals surface area (Å²) >= 11 is 6.26. The van der Waals surface area contributed by atoms with Gasteiger partial charge in [0, 0.05) is 58.6 Å². The Hall–Kier alpha value is -4.12. The first kappa shape index (κ1) is 30.9. The van der Waals surface area contributed by atoms with E-state index >= 15 is 0 Å². The van der Waals surface area contributed by atoms with E-state index in [0.29, 0.717) is 44.8 Å². The number of halogens is 1. The Kier molecular flexibility index (Phi) is 8.72. The standard InChI is InChI=1S/C34H34ClN5O4S/c1-20(2)17-38-45(43,44)31-15-25-29(39-32(41)12-11-21-6-3-4-8-27(21)35)16-30(40-34(42)23-7-5-13-36-18-23)33(25)26-19-37-28(14-24(26)31)22-9-10-22/h3-8,11-15,18-20,22,29-30,38H,9-10,16-17H2,1-2H3,(H,39,41)(H,40,42)/b12-11+. The number of amides is 2. The summed E-state index contributed by atoms with van der Waals surface area (Å²) in [6.07, 6.45) is 10.2. The molecule has 0 aliphatic heterocycles. The van der Waals surface area contributed by atoms with Gasteiger partial charge in [0.1, 0.15) is 0 Å². The van der Waals surface area contributed by atoms with Crippen LogP contribution in [0.1, 0.15) is 83.9 Å². The van der Waals surface area contributed by atoms with Crippen molar-refractivity contribution >= 4 is 50.3 Å². The minimum absolute atomic E-state index is 0.105. The third-order valence-electron chi connectivity index (χ3n) is 8.11. The number of hydrogen-bond donors (Lipinski definition) is 3. The summed E-state index contributed by atoms with van der Waals surface area (Å²) in [5.41, 5.74) is 3.29. The summed E-state index contributed by atoms with van der Waals surface area (Å²) in [7, 11) is -3.93. The van der Waals surface area contributed by atoms with Gasteiger partial charge < -0.3 is 10.6 Å². The smallest absolute Gasteiger partial charge is 0.253 e. The van der Waals surface area contributed by atoms with E-state index in [1.807, 2.05) is 32.0 Å². The number of nitrogens with one attached hydrogen (secondary N) is 3. The van der Waals surface area contributed by atoms with E-state index in [1.165, 1.54) is 12.3 Å². The lowest BCUT2D eigenvalue weighted by molar-refractivity contribution is -0.117. The van der Waals surface area contributed by atoms with Crippen LogP contribution in [0.25, 0.3) is 16.8 Å². The van der Waals surface area contributed by atoms with Crippen LogP contribution in [0.2, 0.25) is 5.02 Å². The molecule has 11 heteroatoms. The zero-order valence-corrected chi connectivity index (χ0v) is 26.5. The van der Waals surface area contributed by atoms with Crippen LogP contribution in [0.15, 0.2) is 78.1 Å². The minimum atomic E-state index is -3.93. The molecule has 2 amide bonds. The van der Waals surface area contributed by atoms with E-state index in [-0.39, 0.29) is 29.2 Å². The molecule has 4 aromatic rings. The van der Waals surface area contributed by atoms with Crippen LogP contribution >= 0.6 is 11.6 Å². The van der Waals surface area contributed by atoms with Gasteiger partial charge in [-0.3, -0.25) is 19.6 Å². The van der Waals surface area contributed by atoms with Crippen molar-refractivity contribution in [3.63, 3.8) is 0 Å². The van der Waals surface area contributed by atoms with Gasteiger partial charge in [-0.2, -0.15) is 0 Å². The molecule has 0 saturated heterocycles. The number of fused-ring (bicyclic) bond motifs is 3. The van der Waals surface area contributed by atoms with Crippen LogP contribution < -0.4 is 15.4 Å². The first-order valence-corrected chi connectivity index (χ1v) is 16.9. The summed E-state index contributed by atoms with van der Waals surface area (Å²) in [5, 5.41) is 7.82. The van der Waals surface area contributed by atoms with Gasteiger partial charge in [-0.15, -0.1) is 0 Å². The Bertz CT molecular complexity index is 1910. The number of hydrogen-bond acceptors (Lipinski definition) is 6. The van der Waals surface area contributed by atoms with Crippen molar-refractivity contribution in [1.29, 1.82) is 0 Å². The lowest BCUT2D eigenvalue weighted by Gasteiger charge is -2.19. The van der Waals surface area contributed by atoms with Crippen molar-refractivity contribution in [2.75, 3.05) is 6.54 Å². The maximum absolute atomic E-state index is 13.8. The van der Waals surface area contributed by atoms with Crippen molar-refractivity contribution in [1.82, 2.24) is 25.3 Å². The van der Waals surface area contributed by atoms with Crippen LogP contribution in [0.5, 0.6) is 0 Å². The Morgan fingerprint density at radius 2 is 1.82 bits per heavy atom. The molecular weight excluding hydrogens is 610 g/mol. The molecule has 45 heavy (non-hydrogen) atoms. The van der Waals surface area contributed by atoms with Gasteiger partial charge in [-0.1, -0.05) is 43.6 Å². The van der Waals surface area contributed by atoms with Gasteiger partial charge in [0.2, 0.25) is 15.9 Å². The molecule has 2 aliphatic carbocycles. The van der Waals surface area contributed by atoms with Crippen molar-refractivity contribution in [3.05, 3.63) is 106 Å². The van der Waals surface area contributed by atoms with Crippen LogP contribution in [0, 0.1) is 5.92 Å². The fourth-order valence-electron chi connectivity index (χ4n) is 5.68. The third-order valence-corrected chi connectivity index (χ3v) is 9.91. The summed E-state index contributed by atoms with van der Waals surface area (Å²) in [4.78, 5) is 35.4. The Balaban J connectivity index is 1.44. The average molecular weight is 644 g/mol. The maximum atomic E-state index is 13.8. The first-order valence-electron chi connectivity index (χ1n) is 15.0. The van der Waals surface area contributed by atoms with Gasteiger partial charge in [-0.05, 0) is 78.3 Å². The number of carbonyl (C=O) groups excluding carboxylic acids is 2. The molecule has 2 aliphatic rings. The summed E-state index contributed by atoms with van der Waals surface area (Å²) in [6.45, 7) is 4.16. The van der Waals surface area contributed by atoms with Crippen molar-refractivity contribution in [3.8, 4) is 0 Å². The van der Waals surface area contributed by atoms with E-state index < -0.39 is 22.1 Å². The predicted octanol–water partition coefficient (Wildman–Crippen LogP) is 5.84. The number of benzene rings is 2. The molecule has 3 N–H and O–H groups in total. The third kappa shape index (κ3) is 6.78. The van der Waals surface area contributed by atoms with Gasteiger partial charge in [0.15, 0.2) is 0 Å². The van der Waals surface area contributed by atoms with Crippen LogP contribution in [-0.2, 0) is 14.8 Å². The van der Waals surface area contributed by atoms with Crippen LogP contribution in [0.4, 0.5) is 0 Å².